The Labute approximate surface area is 104 Å². The maximum atomic E-state index is 12.0. The van der Waals surface area contributed by atoms with Crippen LogP contribution in [-0.2, 0) is 18.4 Å². The monoisotopic (exact) mass is 296 g/mol. The van der Waals surface area contributed by atoms with E-state index in [1.807, 2.05) is 0 Å². The molecule has 0 saturated carbocycles. The summed E-state index contributed by atoms with van der Waals surface area (Å²) in [4.78, 5) is 34.3. The van der Waals surface area contributed by atoms with Crippen LogP contribution >= 0.6 is 15.9 Å². The molecule has 0 bridgehead atoms. The highest BCUT2D eigenvalue weighted by Crippen LogP contribution is 2.15. The van der Waals surface area contributed by atoms with Crippen LogP contribution in [0.1, 0.15) is 0 Å². The highest BCUT2D eigenvalue weighted by atomic mass is 79.9. The lowest BCUT2D eigenvalue weighted by molar-refractivity contribution is -0.108. The van der Waals surface area contributed by atoms with Crippen molar-refractivity contribution in [1.82, 2.24) is 9.13 Å². The summed E-state index contributed by atoms with van der Waals surface area (Å²) in [6.45, 7) is -0.228. The maximum absolute atomic E-state index is 12.0. The summed E-state index contributed by atoms with van der Waals surface area (Å²) in [5.74, 6) is 0. The van der Waals surface area contributed by atoms with Gasteiger partial charge in [-0.3, -0.25) is 13.9 Å². The summed E-state index contributed by atoms with van der Waals surface area (Å²) >= 11 is 3.27. The molecule has 0 fully saturated rings. The van der Waals surface area contributed by atoms with Gasteiger partial charge in [0.25, 0.3) is 5.56 Å². The number of rotatable bonds is 2. The summed E-state index contributed by atoms with van der Waals surface area (Å²) in [6, 6.07) is 5.08. The van der Waals surface area contributed by atoms with E-state index in [1.165, 1.54) is 4.57 Å². The topological polar surface area (TPSA) is 61.1 Å². The lowest BCUT2D eigenvalue weighted by atomic mass is 10.2. The Morgan fingerprint density at radius 1 is 1.35 bits per heavy atom. The van der Waals surface area contributed by atoms with Gasteiger partial charge in [0.15, 0.2) is 0 Å². The molecule has 0 amide bonds. The van der Waals surface area contributed by atoms with Crippen molar-refractivity contribution >= 4 is 33.1 Å². The second kappa shape index (κ2) is 4.29. The van der Waals surface area contributed by atoms with Crippen LogP contribution in [0.5, 0.6) is 0 Å². The highest BCUT2D eigenvalue weighted by molar-refractivity contribution is 9.10. The SMILES string of the molecule is Cn1c(=O)n(CC=O)c(=O)c2cc(Br)ccc21. The molecule has 0 unspecified atom stereocenters. The number of benzene rings is 1. The van der Waals surface area contributed by atoms with Crippen LogP contribution in [0, 0.1) is 0 Å². The second-order valence-electron chi connectivity index (χ2n) is 3.59. The van der Waals surface area contributed by atoms with Crippen molar-refractivity contribution < 1.29 is 4.79 Å². The van der Waals surface area contributed by atoms with Gasteiger partial charge in [0.05, 0.1) is 17.4 Å². The van der Waals surface area contributed by atoms with E-state index in [0.29, 0.717) is 17.2 Å². The number of carbonyl (C=O) groups is 1. The first-order valence-corrected chi connectivity index (χ1v) is 5.68. The Hall–Kier alpha value is -1.69. The number of aldehydes is 1. The first-order valence-electron chi connectivity index (χ1n) is 4.89. The van der Waals surface area contributed by atoms with E-state index in [2.05, 4.69) is 15.9 Å². The normalized spacial score (nSPS) is 10.7. The Morgan fingerprint density at radius 2 is 2.06 bits per heavy atom. The molecule has 5 nitrogen and oxygen atoms in total. The number of aromatic nitrogens is 2. The Bertz CT molecular complexity index is 715. The van der Waals surface area contributed by atoms with Crippen LogP contribution < -0.4 is 11.2 Å². The third kappa shape index (κ3) is 1.84. The van der Waals surface area contributed by atoms with Crippen LogP contribution in [-0.4, -0.2) is 15.4 Å². The van der Waals surface area contributed by atoms with E-state index in [4.69, 9.17) is 0 Å². The summed E-state index contributed by atoms with van der Waals surface area (Å²) in [6.07, 6.45) is 0.534. The maximum Gasteiger partial charge on any atom is 0.331 e. The van der Waals surface area contributed by atoms with Gasteiger partial charge in [0.1, 0.15) is 6.29 Å². The van der Waals surface area contributed by atoms with Crippen LogP contribution in [0.3, 0.4) is 0 Å². The van der Waals surface area contributed by atoms with Crippen molar-refractivity contribution in [2.24, 2.45) is 7.05 Å². The van der Waals surface area contributed by atoms with E-state index < -0.39 is 11.2 Å². The van der Waals surface area contributed by atoms with Crippen LogP contribution in [0.15, 0.2) is 32.3 Å². The van der Waals surface area contributed by atoms with Crippen LogP contribution in [0.2, 0.25) is 0 Å². The lowest BCUT2D eigenvalue weighted by Gasteiger charge is -2.08. The number of hydrogen-bond donors (Lipinski definition) is 0. The van der Waals surface area contributed by atoms with Crippen molar-refractivity contribution in [3.63, 3.8) is 0 Å². The molecule has 0 aliphatic heterocycles. The molecule has 0 radical (unpaired) electrons. The van der Waals surface area contributed by atoms with Crippen molar-refractivity contribution in [3.05, 3.63) is 43.5 Å². The fourth-order valence-electron chi connectivity index (χ4n) is 1.72. The zero-order valence-electron chi connectivity index (χ0n) is 9.01. The van der Waals surface area contributed by atoms with Gasteiger partial charge in [0, 0.05) is 11.5 Å². The third-order valence-electron chi connectivity index (χ3n) is 2.57. The van der Waals surface area contributed by atoms with Crippen molar-refractivity contribution in [2.45, 2.75) is 6.54 Å². The zero-order valence-corrected chi connectivity index (χ0v) is 10.6. The molecule has 1 aromatic heterocycles. The van der Waals surface area contributed by atoms with E-state index in [0.717, 1.165) is 9.04 Å². The fourth-order valence-corrected chi connectivity index (χ4v) is 2.09. The molecule has 2 aromatic rings. The van der Waals surface area contributed by atoms with E-state index in [9.17, 15) is 14.4 Å². The van der Waals surface area contributed by atoms with Gasteiger partial charge in [-0.2, -0.15) is 0 Å². The van der Waals surface area contributed by atoms with Gasteiger partial charge in [-0.1, -0.05) is 15.9 Å². The molecule has 0 aliphatic rings. The van der Waals surface area contributed by atoms with Gasteiger partial charge in [0.2, 0.25) is 0 Å². The molecule has 0 spiro atoms. The molecule has 0 atom stereocenters. The molecule has 0 N–H and O–H groups in total. The minimum Gasteiger partial charge on any atom is -0.301 e. The first-order chi connectivity index (χ1) is 8.06. The molecular weight excluding hydrogens is 288 g/mol. The molecular formula is C11H9BrN2O3. The third-order valence-corrected chi connectivity index (χ3v) is 3.06. The molecule has 1 heterocycles. The molecule has 88 valence electrons. The van der Waals surface area contributed by atoms with Gasteiger partial charge in [-0.25, -0.2) is 4.79 Å². The molecule has 0 saturated heterocycles. The average Bonchev–Trinajstić information content (AvgIpc) is 2.32. The van der Waals surface area contributed by atoms with E-state index >= 15 is 0 Å². The number of nitrogens with zero attached hydrogens (tertiary/aromatic N) is 2. The lowest BCUT2D eigenvalue weighted by Crippen LogP contribution is -2.39. The quantitative estimate of drug-likeness (QED) is 0.765. The predicted octanol–water partition coefficient (Wildman–Crippen LogP) is 0.662. The molecule has 1 aromatic carbocycles. The number of hydrogen-bond acceptors (Lipinski definition) is 3. The standard InChI is InChI=1S/C11H9BrN2O3/c1-13-9-3-2-7(12)6-8(9)10(16)14(4-5-15)11(13)17/h2-3,5-6H,4H2,1H3. The summed E-state index contributed by atoms with van der Waals surface area (Å²) in [7, 11) is 1.57. The minimum atomic E-state index is -0.489. The van der Waals surface area contributed by atoms with Crippen molar-refractivity contribution in [1.29, 1.82) is 0 Å². The fraction of sp³-hybridized carbons (Fsp3) is 0.182. The molecule has 0 aliphatic carbocycles. The van der Waals surface area contributed by atoms with Gasteiger partial charge >= 0.3 is 5.69 Å². The molecule has 2 rings (SSSR count). The summed E-state index contributed by atoms with van der Waals surface area (Å²) < 4.78 is 3.02. The summed E-state index contributed by atoms with van der Waals surface area (Å²) in [5.41, 5.74) is -0.390. The van der Waals surface area contributed by atoms with Gasteiger partial charge in [-0.15, -0.1) is 0 Å². The highest BCUT2D eigenvalue weighted by Gasteiger charge is 2.10. The largest absolute Gasteiger partial charge is 0.331 e. The Balaban J connectivity index is 3.01. The van der Waals surface area contributed by atoms with Crippen LogP contribution in [0.25, 0.3) is 10.9 Å². The predicted molar refractivity (Wildman–Crippen MR) is 67.2 cm³/mol. The van der Waals surface area contributed by atoms with Crippen LogP contribution in [0.4, 0.5) is 0 Å². The second-order valence-corrected chi connectivity index (χ2v) is 4.50. The first kappa shape index (κ1) is 11.8. The minimum absolute atomic E-state index is 0.228. The molecule has 6 heteroatoms. The van der Waals surface area contributed by atoms with Crippen molar-refractivity contribution in [2.75, 3.05) is 0 Å². The number of carbonyl (C=O) groups excluding carboxylic acids is 1. The smallest absolute Gasteiger partial charge is 0.301 e. The average molecular weight is 297 g/mol. The van der Waals surface area contributed by atoms with E-state index in [1.54, 1.807) is 25.2 Å². The van der Waals surface area contributed by atoms with E-state index in [-0.39, 0.29) is 6.54 Å². The Kier molecular flexibility index (Phi) is 2.97. The number of fused-ring (bicyclic) bond motifs is 1. The Morgan fingerprint density at radius 3 is 2.71 bits per heavy atom. The number of halogens is 1. The van der Waals surface area contributed by atoms with Gasteiger partial charge < -0.3 is 4.79 Å². The summed E-state index contributed by atoms with van der Waals surface area (Å²) in [5, 5.41) is 0.406. The zero-order chi connectivity index (χ0) is 12.6. The molecule has 17 heavy (non-hydrogen) atoms. The van der Waals surface area contributed by atoms with Gasteiger partial charge in [-0.05, 0) is 18.2 Å². The number of aryl methyl sites for hydroxylation is 1. The van der Waals surface area contributed by atoms with Crippen molar-refractivity contribution in [3.8, 4) is 0 Å².